The molecule has 1 N–H and O–H groups in total. The Morgan fingerprint density at radius 3 is 2.41 bits per heavy atom. The molecule has 0 spiro atoms. The molecule has 27 heavy (non-hydrogen) atoms. The monoisotopic (exact) mass is 372 g/mol. The van der Waals surface area contributed by atoms with Gasteiger partial charge in [0.05, 0.1) is 5.69 Å². The van der Waals surface area contributed by atoms with Crippen molar-refractivity contribution >= 4 is 11.5 Å². The number of aliphatic hydroxyl groups excluding tert-OH is 1. The van der Waals surface area contributed by atoms with Crippen molar-refractivity contribution in [3.05, 3.63) is 59.9 Å². The number of piperazine rings is 1. The summed E-state index contributed by atoms with van der Waals surface area (Å²) in [6.45, 7) is 5.19. The molecular weight excluding hydrogens is 347 g/mol. The number of nitrogens with zero attached hydrogens (tertiary/aromatic N) is 2. The molecule has 1 aliphatic heterocycles. The molecule has 5 nitrogen and oxygen atoms in total. The average Bonchev–Trinajstić information content (AvgIpc) is 2.68. The SMILES string of the molecule is CC(=O)c1ccc(OCC(O)CN2CCN(c3ccccc3F)CC2)cc1. The average molecular weight is 372 g/mol. The second-order valence-corrected chi connectivity index (χ2v) is 6.78. The van der Waals surface area contributed by atoms with Crippen LogP contribution in [-0.2, 0) is 0 Å². The molecule has 0 radical (unpaired) electrons. The number of hydrogen-bond acceptors (Lipinski definition) is 5. The Labute approximate surface area is 159 Å². The van der Waals surface area contributed by atoms with Gasteiger partial charge in [-0.25, -0.2) is 4.39 Å². The predicted octanol–water partition coefficient (Wildman–Crippen LogP) is 2.59. The molecule has 0 aliphatic carbocycles. The molecule has 0 bridgehead atoms. The Morgan fingerprint density at radius 2 is 1.78 bits per heavy atom. The number of ether oxygens (including phenoxy) is 1. The van der Waals surface area contributed by atoms with Crippen molar-refractivity contribution in [2.75, 3.05) is 44.2 Å². The predicted molar refractivity (Wildman–Crippen MR) is 103 cm³/mol. The van der Waals surface area contributed by atoms with Crippen LogP contribution in [0.2, 0.25) is 0 Å². The van der Waals surface area contributed by atoms with Gasteiger partial charge in [-0.2, -0.15) is 0 Å². The van der Waals surface area contributed by atoms with Crippen molar-refractivity contribution in [3.8, 4) is 5.75 Å². The third kappa shape index (κ3) is 5.28. The van der Waals surface area contributed by atoms with Crippen molar-refractivity contribution in [1.29, 1.82) is 0 Å². The highest BCUT2D eigenvalue weighted by Crippen LogP contribution is 2.20. The summed E-state index contributed by atoms with van der Waals surface area (Å²) in [5, 5.41) is 10.2. The molecule has 0 amide bonds. The third-order valence-electron chi connectivity index (χ3n) is 4.74. The van der Waals surface area contributed by atoms with Crippen LogP contribution < -0.4 is 9.64 Å². The summed E-state index contributed by atoms with van der Waals surface area (Å²) < 4.78 is 19.5. The maximum atomic E-state index is 13.9. The van der Waals surface area contributed by atoms with Crippen LogP contribution in [0.1, 0.15) is 17.3 Å². The molecule has 144 valence electrons. The molecule has 1 unspecified atom stereocenters. The Morgan fingerprint density at radius 1 is 1.11 bits per heavy atom. The van der Waals surface area contributed by atoms with E-state index in [1.165, 1.54) is 13.0 Å². The fourth-order valence-electron chi connectivity index (χ4n) is 3.21. The standard InChI is InChI=1S/C21H25FN2O3/c1-16(25)17-6-8-19(9-7-17)27-15-18(26)14-23-10-12-24(13-11-23)21-5-3-2-4-20(21)22/h2-9,18,26H,10-15H2,1H3. The molecule has 1 atom stereocenters. The summed E-state index contributed by atoms with van der Waals surface area (Å²) in [7, 11) is 0. The maximum absolute atomic E-state index is 13.9. The van der Waals surface area contributed by atoms with Crippen LogP contribution in [0.25, 0.3) is 0 Å². The van der Waals surface area contributed by atoms with Crippen LogP contribution in [0.15, 0.2) is 48.5 Å². The molecule has 0 saturated carbocycles. The van der Waals surface area contributed by atoms with E-state index in [9.17, 15) is 14.3 Å². The van der Waals surface area contributed by atoms with Crippen LogP contribution in [0.4, 0.5) is 10.1 Å². The van der Waals surface area contributed by atoms with Crippen LogP contribution in [0, 0.1) is 5.82 Å². The van der Waals surface area contributed by atoms with Crippen molar-refractivity contribution in [3.63, 3.8) is 0 Å². The van der Waals surface area contributed by atoms with E-state index in [-0.39, 0.29) is 18.2 Å². The van der Waals surface area contributed by atoms with Crippen LogP contribution in [-0.4, -0.2) is 61.2 Å². The number of halogens is 1. The highest BCUT2D eigenvalue weighted by molar-refractivity contribution is 5.94. The number of carbonyl (C=O) groups excluding carboxylic acids is 1. The molecule has 1 aliphatic rings. The maximum Gasteiger partial charge on any atom is 0.159 e. The van der Waals surface area contributed by atoms with E-state index in [0.717, 1.165) is 26.2 Å². The lowest BCUT2D eigenvalue weighted by molar-refractivity contribution is 0.0662. The molecule has 6 heteroatoms. The van der Waals surface area contributed by atoms with E-state index >= 15 is 0 Å². The summed E-state index contributed by atoms with van der Waals surface area (Å²) in [5.74, 6) is 0.440. The summed E-state index contributed by atoms with van der Waals surface area (Å²) >= 11 is 0. The molecule has 0 aromatic heterocycles. The Balaban J connectivity index is 1.42. The summed E-state index contributed by atoms with van der Waals surface area (Å²) in [6, 6.07) is 13.7. The number of aliphatic hydroxyl groups is 1. The van der Waals surface area contributed by atoms with Gasteiger partial charge in [0.15, 0.2) is 5.78 Å². The zero-order chi connectivity index (χ0) is 19.2. The number of benzene rings is 2. The summed E-state index contributed by atoms with van der Waals surface area (Å²) in [6.07, 6.45) is -0.613. The molecular formula is C21H25FN2O3. The number of hydrogen-bond donors (Lipinski definition) is 1. The van der Waals surface area contributed by atoms with E-state index in [2.05, 4.69) is 4.90 Å². The second kappa shape index (κ2) is 8.97. The van der Waals surface area contributed by atoms with Crippen LogP contribution >= 0.6 is 0 Å². The van der Waals surface area contributed by atoms with Gasteiger partial charge in [-0.1, -0.05) is 12.1 Å². The quantitative estimate of drug-likeness (QED) is 0.757. The van der Waals surface area contributed by atoms with Gasteiger partial charge in [0, 0.05) is 38.3 Å². The number of ketones is 1. The number of para-hydroxylation sites is 1. The zero-order valence-corrected chi connectivity index (χ0v) is 15.5. The third-order valence-corrected chi connectivity index (χ3v) is 4.74. The Bertz CT molecular complexity index is 758. The number of Topliss-reactive ketones (excluding diaryl/α,β-unsaturated/α-hetero) is 1. The minimum absolute atomic E-state index is 0.0103. The summed E-state index contributed by atoms with van der Waals surface area (Å²) in [5.41, 5.74) is 1.27. The van der Waals surface area contributed by atoms with E-state index in [0.29, 0.717) is 23.5 Å². The lowest BCUT2D eigenvalue weighted by atomic mass is 10.1. The van der Waals surface area contributed by atoms with Crippen molar-refractivity contribution < 1.29 is 19.0 Å². The van der Waals surface area contributed by atoms with Gasteiger partial charge in [-0.05, 0) is 43.3 Å². The second-order valence-electron chi connectivity index (χ2n) is 6.78. The lowest BCUT2D eigenvalue weighted by Gasteiger charge is -2.36. The van der Waals surface area contributed by atoms with Gasteiger partial charge < -0.3 is 14.7 Å². The largest absolute Gasteiger partial charge is 0.491 e. The highest BCUT2D eigenvalue weighted by atomic mass is 19.1. The van der Waals surface area contributed by atoms with Gasteiger partial charge in [-0.3, -0.25) is 9.69 Å². The van der Waals surface area contributed by atoms with Crippen LogP contribution in [0.3, 0.4) is 0 Å². The molecule has 1 fully saturated rings. The van der Waals surface area contributed by atoms with Crippen molar-refractivity contribution in [2.24, 2.45) is 0 Å². The number of anilines is 1. The first-order valence-electron chi connectivity index (χ1n) is 9.16. The molecule has 2 aromatic carbocycles. The van der Waals surface area contributed by atoms with Gasteiger partial charge >= 0.3 is 0 Å². The first-order chi connectivity index (χ1) is 13.0. The number of carbonyl (C=O) groups is 1. The van der Waals surface area contributed by atoms with E-state index in [1.54, 1.807) is 36.4 Å². The lowest BCUT2D eigenvalue weighted by Crippen LogP contribution is -2.49. The van der Waals surface area contributed by atoms with E-state index in [4.69, 9.17) is 4.74 Å². The van der Waals surface area contributed by atoms with Crippen molar-refractivity contribution in [1.82, 2.24) is 4.90 Å². The zero-order valence-electron chi connectivity index (χ0n) is 15.5. The van der Waals surface area contributed by atoms with Gasteiger partial charge in [0.1, 0.15) is 24.3 Å². The Hall–Kier alpha value is -2.44. The topological polar surface area (TPSA) is 53.0 Å². The highest BCUT2D eigenvalue weighted by Gasteiger charge is 2.21. The molecule has 2 aromatic rings. The summed E-state index contributed by atoms with van der Waals surface area (Å²) in [4.78, 5) is 15.5. The minimum Gasteiger partial charge on any atom is -0.491 e. The fraction of sp³-hybridized carbons (Fsp3) is 0.381. The van der Waals surface area contributed by atoms with E-state index < -0.39 is 6.10 Å². The first-order valence-corrected chi connectivity index (χ1v) is 9.16. The molecule has 1 saturated heterocycles. The number of rotatable bonds is 7. The Kier molecular flexibility index (Phi) is 6.42. The fourth-order valence-corrected chi connectivity index (χ4v) is 3.21. The minimum atomic E-state index is -0.613. The first kappa shape index (κ1) is 19.3. The molecule has 1 heterocycles. The number of β-amino-alcohol motifs (C(OH)–C–C–N with tert-alkyl or cyclic N) is 1. The van der Waals surface area contributed by atoms with Gasteiger partial charge in [0.2, 0.25) is 0 Å². The smallest absolute Gasteiger partial charge is 0.159 e. The van der Waals surface area contributed by atoms with Gasteiger partial charge in [-0.15, -0.1) is 0 Å². The molecule has 3 rings (SSSR count). The van der Waals surface area contributed by atoms with E-state index in [1.807, 2.05) is 11.0 Å². The van der Waals surface area contributed by atoms with Crippen molar-refractivity contribution in [2.45, 2.75) is 13.0 Å². The van der Waals surface area contributed by atoms with Gasteiger partial charge in [0.25, 0.3) is 0 Å². The van der Waals surface area contributed by atoms with Crippen LogP contribution in [0.5, 0.6) is 5.75 Å². The normalized spacial score (nSPS) is 16.2.